The van der Waals surface area contributed by atoms with Crippen molar-refractivity contribution in [3.8, 4) is 0 Å². The maximum atomic E-state index is 12.2. The Balaban J connectivity index is 4.84. The van der Waals surface area contributed by atoms with Crippen LogP contribution in [-0.4, -0.2) is 31.3 Å². The Morgan fingerprint density at radius 2 is 1.71 bits per heavy atom. The summed E-state index contributed by atoms with van der Waals surface area (Å²) in [5.41, 5.74) is 1.01. The highest BCUT2D eigenvalue weighted by atomic mass is 79.9. The van der Waals surface area contributed by atoms with Gasteiger partial charge < -0.3 is 9.53 Å². The lowest BCUT2D eigenvalue weighted by atomic mass is 10.0. The van der Waals surface area contributed by atoms with Gasteiger partial charge in [-0.2, -0.15) is 0 Å². The number of aliphatic carboxylic acids is 1. The molecule has 0 bridgehead atoms. The van der Waals surface area contributed by atoms with Gasteiger partial charge in [0.1, 0.15) is 0 Å². The van der Waals surface area contributed by atoms with Crippen LogP contribution in [0.1, 0.15) is 66.2 Å². The number of hydrogen-bond acceptors (Lipinski definition) is 3. The molecule has 1 N–H and O–H groups in total. The summed E-state index contributed by atoms with van der Waals surface area (Å²) in [5.74, 6) is -0.680. The summed E-state index contributed by atoms with van der Waals surface area (Å²) in [7, 11) is -1.92. The highest BCUT2D eigenvalue weighted by Gasteiger charge is 2.38. The first-order valence-electron chi connectivity index (χ1n) is 9.92. The average Bonchev–Trinajstić information content (AvgIpc) is 2.52. The summed E-state index contributed by atoms with van der Waals surface area (Å²) in [6.07, 6.45) is 11.0. The topological polar surface area (TPSA) is 63.6 Å². The molecule has 0 aromatic rings. The quantitative estimate of drug-likeness (QED) is 0.139. The van der Waals surface area contributed by atoms with Crippen LogP contribution in [0.15, 0.2) is 34.9 Å². The lowest BCUT2D eigenvalue weighted by Crippen LogP contribution is -2.43. The third-order valence-corrected chi connectivity index (χ3v) is 9.82. The highest BCUT2D eigenvalue weighted by molar-refractivity contribution is 9.11. The third kappa shape index (κ3) is 12.5. The Bertz CT molecular complexity index is 586. The fraction of sp³-hybridized carbons (Fsp3) is 0.636. The number of carboxylic acids is 1. The molecule has 28 heavy (non-hydrogen) atoms. The van der Waals surface area contributed by atoms with E-state index in [9.17, 15) is 9.59 Å². The minimum Gasteiger partial charge on any atom is -0.481 e. The predicted octanol–water partition coefficient (Wildman–Crippen LogP) is 6.78. The minimum atomic E-state index is -1.92. The number of unbranched alkanes of at least 4 members (excludes halogenated alkanes) is 2. The van der Waals surface area contributed by atoms with Crippen LogP contribution in [-0.2, 0) is 14.0 Å². The van der Waals surface area contributed by atoms with E-state index < -0.39 is 14.3 Å². The van der Waals surface area contributed by atoms with Crippen LogP contribution in [0.5, 0.6) is 0 Å². The van der Waals surface area contributed by atoms with Crippen LogP contribution in [0.25, 0.3) is 0 Å². The molecule has 0 fully saturated rings. The smallest absolute Gasteiger partial charge is 0.303 e. The van der Waals surface area contributed by atoms with Crippen LogP contribution in [0.4, 0.5) is 0 Å². The number of hydrogen-bond donors (Lipinski definition) is 1. The summed E-state index contributed by atoms with van der Waals surface area (Å²) in [5, 5.41) is 8.75. The van der Waals surface area contributed by atoms with E-state index in [-0.39, 0.29) is 23.3 Å². The van der Waals surface area contributed by atoms with Gasteiger partial charge in [-0.15, -0.1) is 0 Å². The molecule has 0 aliphatic heterocycles. The monoisotopic (exact) mass is 472 g/mol. The van der Waals surface area contributed by atoms with Crippen molar-refractivity contribution in [2.24, 2.45) is 0 Å². The van der Waals surface area contributed by atoms with Crippen LogP contribution >= 0.6 is 15.9 Å². The standard InChI is InChI=1S/C22H37BrO4Si/c1-18(16-19(24)12-8-7-9-14-21(25)26)17-20(13-10-11-15-23)27-28(5,6)22(2,3)4/h10-11,13,15-16,20H,7-9,12,14,17H2,1-6H3,(H,25,26)/b13-10+,15-11+,18-16+/t20-/m0/s1. The Kier molecular flexibility index (Phi) is 12.8. The molecule has 0 spiro atoms. The number of allylic oxidation sites excluding steroid dienone is 3. The van der Waals surface area contributed by atoms with Gasteiger partial charge in [-0.25, -0.2) is 0 Å². The van der Waals surface area contributed by atoms with E-state index in [0.717, 1.165) is 18.4 Å². The van der Waals surface area contributed by atoms with Crippen LogP contribution in [0.3, 0.4) is 0 Å². The van der Waals surface area contributed by atoms with Crippen molar-refractivity contribution >= 4 is 36.0 Å². The molecule has 0 amide bonds. The molecule has 0 aromatic carbocycles. The Labute approximate surface area is 180 Å². The maximum absolute atomic E-state index is 12.2. The lowest BCUT2D eigenvalue weighted by Gasteiger charge is -2.38. The van der Waals surface area contributed by atoms with E-state index in [0.29, 0.717) is 19.3 Å². The fourth-order valence-corrected chi connectivity index (χ4v) is 3.86. The van der Waals surface area contributed by atoms with E-state index in [1.165, 1.54) is 0 Å². The second-order valence-electron chi connectivity index (χ2n) is 8.74. The van der Waals surface area contributed by atoms with Crippen molar-refractivity contribution in [1.82, 2.24) is 0 Å². The number of rotatable bonds is 13. The van der Waals surface area contributed by atoms with Crippen molar-refractivity contribution in [3.63, 3.8) is 0 Å². The summed E-state index contributed by atoms with van der Waals surface area (Å²) in [6.45, 7) is 13.1. The van der Waals surface area contributed by atoms with Crippen LogP contribution in [0.2, 0.25) is 18.1 Å². The van der Waals surface area contributed by atoms with E-state index in [4.69, 9.17) is 9.53 Å². The first-order chi connectivity index (χ1) is 12.9. The largest absolute Gasteiger partial charge is 0.481 e. The summed E-state index contributed by atoms with van der Waals surface area (Å²) < 4.78 is 6.53. The Morgan fingerprint density at radius 3 is 2.25 bits per heavy atom. The number of carbonyl (C=O) groups is 2. The second kappa shape index (κ2) is 13.3. The molecule has 0 radical (unpaired) electrons. The lowest BCUT2D eigenvalue weighted by molar-refractivity contribution is -0.137. The molecule has 6 heteroatoms. The summed E-state index contributed by atoms with van der Waals surface area (Å²) in [4.78, 5) is 24.5. The van der Waals surface area contributed by atoms with E-state index in [2.05, 4.69) is 49.8 Å². The molecule has 1 atom stereocenters. The molecule has 0 aromatic heterocycles. The average molecular weight is 474 g/mol. The van der Waals surface area contributed by atoms with E-state index in [1.54, 1.807) is 11.1 Å². The van der Waals surface area contributed by atoms with Gasteiger partial charge in [0.25, 0.3) is 0 Å². The first-order valence-corrected chi connectivity index (χ1v) is 13.7. The van der Waals surface area contributed by atoms with Gasteiger partial charge in [-0.05, 0) is 55.4 Å². The predicted molar refractivity (Wildman–Crippen MR) is 123 cm³/mol. The molecule has 0 saturated carbocycles. The normalized spacial score (nSPS) is 14.8. The molecule has 0 heterocycles. The number of carboxylic acid groups (broad SMARTS) is 1. The van der Waals surface area contributed by atoms with Gasteiger partial charge >= 0.3 is 5.97 Å². The van der Waals surface area contributed by atoms with Gasteiger partial charge in [-0.1, -0.05) is 66.9 Å². The van der Waals surface area contributed by atoms with Crippen LogP contribution < -0.4 is 0 Å². The SMILES string of the molecule is C/C(=C\C(=O)CCCCCC(=O)O)C[C@H](/C=C/C=C/Br)O[Si](C)(C)C(C)(C)C. The van der Waals surface area contributed by atoms with Gasteiger partial charge in [0, 0.05) is 12.8 Å². The van der Waals surface area contributed by atoms with Gasteiger partial charge in [-0.3, -0.25) is 9.59 Å². The first kappa shape index (κ1) is 27.0. The number of halogens is 1. The number of carbonyl (C=O) groups excluding carboxylic acids is 1. The second-order valence-corrected chi connectivity index (χ2v) is 14.0. The molecule has 0 rings (SSSR count). The maximum Gasteiger partial charge on any atom is 0.303 e. The Hall–Kier alpha value is -0.983. The Morgan fingerprint density at radius 1 is 1.11 bits per heavy atom. The third-order valence-electron chi connectivity index (χ3n) is 5.01. The van der Waals surface area contributed by atoms with Crippen molar-refractivity contribution in [3.05, 3.63) is 34.9 Å². The molecule has 4 nitrogen and oxygen atoms in total. The molecular formula is C22H37BrO4Si. The molecule has 160 valence electrons. The van der Waals surface area contributed by atoms with Crippen molar-refractivity contribution in [1.29, 1.82) is 0 Å². The zero-order valence-corrected chi connectivity index (χ0v) is 20.8. The van der Waals surface area contributed by atoms with Crippen molar-refractivity contribution in [2.45, 2.75) is 90.5 Å². The summed E-state index contributed by atoms with van der Waals surface area (Å²) >= 11 is 3.27. The molecule has 0 unspecified atom stereocenters. The zero-order valence-electron chi connectivity index (χ0n) is 18.3. The van der Waals surface area contributed by atoms with Gasteiger partial charge in [0.15, 0.2) is 14.1 Å². The summed E-state index contributed by atoms with van der Waals surface area (Å²) in [6, 6.07) is 0. The van der Waals surface area contributed by atoms with E-state index >= 15 is 0 Å². The highest BCUT2D eigenvalue weighted by Crippen LogP contribution is 2.38. The molecule has 0 aliphatic carbocycles. The molecular weight excluding hydrogens is 436 g/mol. The van der Waals surface area contributed by atoms with E-state index in [1.807, 2.05) is 25.2 Å². The molecule has 0 saturated heterocycles. The van der Waals surface area contributed by atoms with Crippen LogP contribution in [0, 0.1) is 0 Å². The van der Waals surface area contributed by atoms with Gasteiger partial charge in [0.2, 0.25) is 0 Å². The van der Waals surface area contributed by atoms with Gasteiger partial charge in [0.05, 0.1) is 6.10 Å². The fourth-order valence-electron chi connectivity index (χ4n) is 2.41. The minimum absolute atomic E-state index is 0.0655. The molecule has 0 aliphatic rings. The van der Waals surface area contributed by atoms with Crippen molar-refractivity contribution in [2.75, 3.05) is 0 Å². The van der Waals surface area contributed by atoms with Crippen molar-refractivity contribution < 1.29 is 19.1 Å². The zero-order chi connectivity index (χ0) is 21.8. The number of ketones is 1.